The van der Waals surface area contributed by atoms with Gasteiger partial charge in [0.15, 0.2) is 0 Å². The maximum Gasteiger partial charge on any atom is 0.317 e. The molecule has 3 rings (SSSR count). The lowest BCUT2D eigenvalue weighted by molar-refractivity contribution is 0.0499. The molecule has 1 N–H and O–H groups in total. The molecule has 3 heterocycles. The van der Waals surface area contributed by atoms with E-state index in [1.807, 2.05) is 15.7 Å². The Morgan fingerprint density at radius 2 is 1.92 bits per heavy atom. The number of amides is 2. The highest BCUT2D eigenvalue weighted by Crippen LogP contribution is 2.17. The fraction of sp³-hybridized carbons (Fsp3) is 0.765. The molecule has 7 heteroatoms. The summed E-state index contributed by atoms with van der Waals surface area (Å²) in [5.41, 5.74) is 0. The van der Waals surface area contributed by atoms with Crippen molar-refractivity contribution in [1.29, 1.82) is 0 Å². The highest BCUT2D eigenvalue weighted by Gasteiger charge is 2.26. The molecular weight excluding hydrogens is 308 g/mol. The Hall–Kier alpha value is -1.60. The molecule has 2 atom stereocenters. The zero-order chi connectivity index (χ0) is 16.6. The fourth-order valence-electron chi connectivity index (χ4n) is 3.30. The fourth-order valence-corrected chi connectivity index (χ4v) is 3.30. The van der Waals surface area contributed by atoms with Crippen LogP contribution in [0.25, 0.3) is 0 Å². The zero-order valence-electron chi connectivity index (χ0n) is 14.2. The van der Waals surface area contributed by atoms with E-state index < -0.39 is 0 Å². The van der Waals surface area contributed by atoms with E-state index in [-0.39, 0.29) is 18.2 Å². The third-order valence-electron chi connectivity index (χ3n) is 4.61. The van der Waals surface area contributed by atoms with E-state index in [1.54, 1.807) is 12.5 Å². The number of ether oxygens (including phenoxy) is 2. The maximum atomic E-state index is 12.6. The summed E-state index contributed by atoms with van der Waals surface area (Å²) in [6.45, 7) is 4.46. The number of hydrogen-bond acceptors (Lipinski definition) is 4. The van der Waals surface area contributed by atoms with E-state index in [0.29, 0.717) is 19.6 Å². The molecule has 0 saturated carbocycles. The van der Waals surface area contributed by atoms with E-state index in [4.69, 9.17) is 9.47 Å². The minimum absolute atomic E-state index is 0.00775. The molecule has 2 amide bonds. The largest absolute Gasteiger partial charge is 0.376 e. The van der Waals surface area contributed by atoms with Crippen LogP contribution in [-0.4, -0.2) is 65.5 Å². The van der Waals surface area contributed by atoms with Crippen molar-refractivity contribution in [2.24, 2.45) is 0 Å². The van der Waals surface area contributed by atoms with Crippen LogP contribution >= 0.6 is 0 Å². The summed E-state index contributed by atoms with van der Waals surface area (Å²) in [6.07, 6.45) is 11.0. The van der Waals surface area contributed by atoms with Crippen LogP contribution in [0.4, 0.5) is 4.79 Å². The van der Waals surface area contributed by atoms with Crippen molar-refractivity contribution >= 4 is 6.03 Å². The zero-order valence-corrected chi connectivity index (χ0v) is 14.2. The van der Waals surface area contributed by atoms with Gasteiger partial charge in [-0.2, -0.15) is 0 Å². The number of aromatic nitrogens is 2. The molecule has 2 saturated heterocycles. The molecular formula is C17H28N4O3. The van der Waals surface area contributed by atoms with Gasteiger partial charge in [-0.15, -0.1) is 0 Å². The first-order valence-corrected chi connectivity index (χ1v) is 9.03. The molecule has 2 fully saturated rings. The second-order valence-corrected chi connectivity index (χ2v) is 6.56. The SMILES string of the molecule is O=C(NCCCn1ccnc1)N(C[C@H]1CCCO1)C[C@@H]1CCCO1. The number of imidazole rings is 1. The molecule has 2 aliphatic rings. The van der Waals surface area contributed by atoms with Gasteiger partial charge in [0, 0.05) is 51.8 Å². The van der Waals surface area contributed by atoms with E-state index in [2.05, 4.69) is 10.3 Å². The predicted molar refractivity (Wildman–Crippen MR) is 89.8 cm³/mol. The Balaban J connectivity index is 1.43. The van der Waals surface area contributed by atoms with Gasteiger partial charge in [0.1, 0.15) is 0 Å². The van der Waals surface area contributed by atoms with E-state index in [9.17, 15) is 4.79 Å². The second kappa shape index (κ2) is 9.03. The molecule has 0 spiro atoms. The standard InChI is InChI=1S/C17H28N4O3/c22-17(19-6-3-8-20-9-7-18-14-20)21(12-15-4-1-10-23-15)13-16-5-2-11-24-16/h7,9,14-16H,1-6,8,10-13H2,(H,19,22)/t15-,16+. The van der Waals surface area contributed by atoms with Crippen LogP contribution in [0, 0.1) is 0 Å². The summed E-state index contributed by atoms with van der Waals surface area (Å²) in [6, 6.07) is -0.00775. The lowest BCUT2D eigenvalue weighted by Gasteiger charge is -2.28. The molecule has 2 aliphatic heterocycles. The molecule has 24 heavy (non-hydrogen) atoms. The van der Waals surface area contributed by atoms with Gasteiger partial charge in [-0.25, -0.2) is 9.78 Å². The molecule has 0 bridgehead atoms. The number of nitrogens with zero attached hydrogens (tertiary/aromatic N) is 3. The van der Waals surface area contributed by atoms with E-state index >= 15 is 0 Å². The van der Waals surface area contributed by atoms with Crippen molar-refractivity contribution < 1.29 is 14.3 Å². The van der Waals surface area contributed by atoms with Crippen LogP contribution in [0.5, 0.6) is 0 Å². The van der Waals surface area contributed by atoms with Crippen LogP contribution in [0.1, 0.15) is 32.1 Å². The number of carbonyl (C=O) groups excluding carboxylic acids is 1. The first-order valence-electron chi connectivity index (χ1n) is 9.03. The van der Waals surface area contributed by atoms with Gasteiger partial charge in [-0.1, -0.05) is 0 Å². The Bertz CT molecular complexity index is 464. The van der Waals surface area contributed by atoms with Gasteiger partial charge in [0.25, 0.3) is 0 Å². The highest BCUT2D eigenvalue weighted by molar-refractivity contribution is 5.74. The first kappa shape index (κ1) is 17.2. The average molecular weight is 336 g/mol. The minimum atomic E-state index is -0.00775. The molecule has 134 valence electrons. The molecule has 0 radical (unpaired) electrons. The van der Waals surface area contributed by atoms with Gasteiger partial charge in [-0.3, -0.25) is 0 Å². The number of rotatable bonds is 8. The highest BCUT2D eigenvalue weighted by atomic mass is 16.5. The molecule has 7 nitrogen and oxygen atoms in total. The molecule has 0 aromatic carbocycles. The van der Waals surface area contributed by atoms with E-state index in [0.717, 1.165) is 51.9 Å². The second-order valence-electron chi connectivity index (χ2n) is 6.56. The third kappa shape index (κ3) is 5.21. The number of aryl methyl sites for hydroxylation is 1. The number of nitrogens with one attached hydrogen (secondary N) is 1. The van der Waals surface area contributed by atoms with Crippen LogP contribution in [0.3, 0.4) is 0 Å². The molecule has 1 aromatic heterocycles. The average Bonchev–Trinajstić information content (AvgIpc) is 3.33. The molecule has 0 unspecified atom stereocenters. The van der Waals surface area contributed by atoms with Gasteiger partial charge in [-0.05, 0) is 32.1 Å². The van der Waals surface area contributed by atoms with Gasteiger partial charge >= 0.3 is 6.03 Å². The summed E-state index contributed by atoms with van der Waals surface area (Å²) in [7, 11) is 0. The maximum absolute atomic E-state index is 12.6. The van der Waals surface area contributed by atoms with Crippen LogP contribution < -0.4 is 5.32 Å². The third-order valence-corrected chi connectivity index (χ3v) is 4.61. The van der Waals surface area contributed by atoms with Crippen molar-refractivity contribution in [1.82, 2.24) is 19.8 Å². The van der Waals surface area contributed by atoms with E-state index in [1.165, 1.54) is 0 Å². The van der Waals surface area contributed by atoms with Crippen LogP contribution in [-0.2, 0) is 16.0 Å². The lowest BCUT2D eigenvalue weighted by atomic mass is 10.2. The topological polar surface area (TPSA) is 68.6 Å². The van der Waals surface area contributed by atoms with Crippen molar-refractivity contribution in [3.63, 3.8) is 0 Å². The summed E-state index contributed by atoms with van der Waals surface area (Å²) in [5, 5.41) is 3.04. The molecule has 0 aliphatic carbocycles. The smallest absolute Gasteiger partial charge is 0.317 e. The van der Waals surface area contributed by atoms with Gasteiger partial charge < -0.3 is 24.3 Å². The minimum Gasteiger partial charge on any atom is -0.376 e. The summed E-state index contributed by atoms with van der Waals surface area (Å²) >= 11 is 0. The normalized spacial score (nSPS) is 23.5. The Kier molecular flexibility index (Phi) is 6.48. The van der Waals surface area contributed by atoms with Gasteiger partial charge in [0.05, 0.1) is 18.5 Å². The quantitative estimate of drug-likeness (QED) is 0.733. The van der Waals surface area contributed by atoms with Crippen molar-refractivity contribution in [2.75, 3.05) is 32.8 Å². The van der Waals surface area contributed by atoms with Crippen molar-refractivity contribution in [3.05, 3.63) is 18.7 Å². The van der Waals surface area contributed by atoms with Gasteiger partial charge in [0.2, 0.25) is 0 Å². The summed E-state index contributed by atoms with van der Waals surface area (Å²) in [5.74, 6) is 0. The summed E-state index contributed by atoms with van der Waals surface area (Å²) in [4.78, 5) is 18.5. The Morgan fingerprint density at radius 1 is 1.21 bits per heavy atom. The molecule has 1 aromatic rings. The Morgan fingerprint density at radius 3 is 2.46 bits per heavy atom. The monoisotopic (exact) mass is 336 g/mol. The van der Waals surface area contributed by atoms with Crippen molar-refractivity contribution in [3.8, 4) is 0 Å². The van der Waals surface area contributed by atoms with Crippen molar-refractivity contribution in [2.45, 2.75) is 50.9 Å². The predicted octanol–water partition coefficient (Wildman–Crippen LogP) is 1.64. The lowest BCUT2D eigenvalue weighted by Crippen LogP contribution is -2.47. The Labute approximate surface area is 143 Å². The van der Waals surface area contributed by atoms with Crippen LogP contribution in [0.2, 0.25) is 0 Å². The number of carbonyl (C=O) groups is 1. The first-order chi connectivity index (χ1) is 11.8. The number of urea groups is 1. The number of hydrogen-bond donors (Lipinski definition) is 1. The summed E-state index contributed by atoms with van der Waals surface area (Å²) < 4.78 is 13.4. The van der Waals surface area contributed by atoms with Crippen LogP contribution in [0.15, 0.2) is 18.7 Å².